The van der Waals surface area contributed by atoms with Crippen molar-refractivity contribution in [1.82, 2.24) is 0 Å². The largest absolute Gasteiger partial charge is 0.0755 e. The topological polar surface area (TPSA) is 0 Å². The number of unbranched alkanes of at least 4 members (excludes halogenated alkanes) is 4. The quantitative estimate of drug-likeness (QED) is 0.240. The lowest BCUT2D eigenvalue weighted by molar-refractivity contribution is 0.575. The van der Waals surface area contributed by atoms with Gasteiger partial charge in [0.2, 0.25) is 0 Å². The summed E-state index contributed by atoms with van der Waals surface area (Å²) in [7, 11) is 8.08. The summed E-state index contributed by atoms with van der Waals surface area (Å²) in [6.07, 6.45) is 10.8. The molecule has 0 fully saturated rings. The summed E-state index contributed by atoms with van der Waals surface area (Å²) in [5.74, 6) is 0. The molecule has 0 saturated heterocycles. The van der Waals surface area contributed by atoms with Crippen LogP contribution < -0.4 is 0 Å². The molecule has 0 aliphatic carbocycles. The second kappa shape index (κ2) is 11.9. The van der Waals surface area contributed by atoms with Gasteiger partial charge in [0.05, 0.1) is 0 Å². The summed E-state index contributed by atoms with van der Waals surface area (Å²) in [6.45, 7) is 14.1. The van der Waals surface area contributed by atoms with Crippen molar-refractivity contribution < 1.29 is 0 Å². The number of hydrogen-bond donors (Lipinski definition) is 0. The molecule has 20 heavy (non-hydrogen) atoms. The third-order valence-electron chi connectivity index (χ3n) is 3.31. The van der Waals surface area contributed by atoms with Crippen LogP contribution in [0, 0.1) is 0 Å². The second-order valence-electron chi connectivity index (χ2n) is 6.74. The monoisotopic (exact) mass is 354 g/mol. The second-order valence-corrected chi connectivity index (χ2v) is 13.8. The molecule has 0 aromatic heterocycles. The first-order chi connectivity index (χ1) is 9.33. The molecule has 0 saturated carbocycles. The van der Waals surface area contributed by atoms with Crippen molar-refractivity contribution in [3.05, 3.63) is 0 Å². The van der Waals surface area contributed by atoms with Gasteiger partial charge in [-0.1, -0.05) is 74.0 Å². The highest BCUT2D eigenvalue weighted by atomic mass is 33.7. The molecule has 0 atom stereocenters. The van der Waals surface area contributed by atoms with E-state index in [1.807, 2.05) is 19.7 Å². The van der Waals surface area contributed by atoms with Crippen LogP contribution in [0.2, 0.25) is 0 Å². The van der Waals surface area contributed by atoms with Gasteiger partial charge in [-0.3, -0.25) is 0 Å². The molecule has 0 unspecified atom stereocenters. The molecule has 0 aromatic carbocycles. The van der Waals surface area contributed by atoms with E-state index in [9.17, 15) is 0 Å². The Morgan fingerprint density at radius 2 is 0.950 bits per heavy atom. The first-order valence-electron chi connectivity index (χ1n) is 8.03. The van der Waals surface area contributed by atoms with E-state index >= 15 is 0 Å². The molecule has 0 aromatic rings. The molecule has 0 N–H and O–H groups in total. The van der Waals surface area contributed by atoms with E-state index in [2.05, 4.69) is 63.1 Å². The first-order valence-corrected chi connectivity index (χ1v) is 12.8. The van der Waals surface area contributed by atoms with E-state index in [4.69, 9.17) is 0 Å². The summed E-state index contributed by atoms with van der Waals surface area (Å²) in [4.78, 5) is 0. The molecule has 0 radical (unpaired) electrons. The summed E-state index contributed by atoms with van der Waals surface area (Å²) in [5.41, 5.74) is 0. The molecule has 0 amide bonds. The van der Waals surface area contributed by atoms with E-state index in [-0.39, 0.29) is 0 Å². The lowest BCUT2D eigenvalue weighted by Gasteiger charge is -2.25. The highest BCUT2D eigenvalue weighted by Crippen LogP contribution is 2.54. The zero-order valence-electron chi connectivity index (χ0n) is 14.3. The van der Waals surface area contributed by atoms with Gasteiger partial charge in [-0.05, 0) is 60.2 Å². The van der Waals surface area contributed by atoms with Crippen molar-refractivity contribution in [1.29, 1.82) is 0 Å². The van der Waals surface area contributed by atoms with E-state index in [1.165, 1.54) is 51.4 Å². The molecule has 0 bridgehead atoms. The summed E-state index contributed by atoms with van der Waals surface area (Å²) >= 11 is 0. The Morgan fingerprint density at radius 1 is 0.600 bits per heavy atom. The van der Waals surface area contributed by atoms with Crippen molar-refractivity contribution in [2.45, 2.75) is 102 Å². The highest BCUT2D eigenvalue weighted by Gasteiger charge is 2.22. The standard InChI is InChI=1S/C16H34S4/c1-7-9-11-13-15(3,4)17-19-20-18-16(5,6)14-12-10-8-2/h7-14H2,1-6H3. The van der Waals surface area contributed by atoms with E-state index in [1.54, 1.807) is 0 Å². The molecule has 0 rings (SSSR count). The molecule has 0 heterocycles. The van der Waals surface area contributed by atoms with Gasteiger partial charge < -0.3 is 0 Å². The Labute approximate surface area is 143 Å². The SMILES string of the molecule is CCCCCC(C)(C)SSSSC(C)(C)CCCCC. The number of hydrogen-bond acceptors (Lipinski definition) is 4. The molecular formula is C16H34S4. The maximum atomic E-state index is 2.39. The normalized spacial score (nSPS) is 12.9. The Balaban J connectivity index is 3.71. The third kappa shape index (κ3) is 13.1. The average Bonchev–Trinajstić information content (AvgIpc) is 2.35. The van der Waals surface area contributed by atoms with Crippen LogP contribution in [-0.2, 0) is 0 Å². The van der Waals surface area contributed by atoms with Crippen molar-refractivity contribution in [2.24, 2.45) is 0 Å². The van der Waals surface area contributed by atoms with E-state index < -0.39 is 0 Å². The van der Waals surface area contributed by atoms with Gasteiger partial charge in [0.15, 0.2) is 0 Å². The Hall–Kier alpha value is 1.40. The molecule has 122 valence electrons. The summed E-state index contributed by atoms with van der Waals surface area (Å²) in [6, 6.07) is 0. The number of rotatable bonds is 13. The van der Waals surface area contributed by atoms with Crippen LogP contribution in [0.1, 0.15) is 92.9 Å². The summed E-state index contributed by atoms with van der Waals surface area (Å²) in [5, 5.41) is 0. The molecule has 0 spiro atoms. The minimum absolute atomic E-state index is 0.416. The van der Waals surface area contributed by atoms with Crippen LogP contribution in [0.4, 0.5) is 0 Å². The Bertz CT molecular complexity index is 203. The summed E-state index contributed by atoms with van der Waals surface area (Å²) < 4.78 is 0.833. The molecular weight excluding hydrogens is 320 g/mol. The van der Waals surface area contributed by atoms with Crippen LogP contribution in [-0.4, -0.2) is 9.49 Å². The fraction of sp³-hybridized carbons (Fsp3) is 1.00. The maximum Gasteiger partial charge on any atom is 0.0215 e. The van der Waals surface area contributed by atoms with Crippen molar-refractivity contribution >= 4 is 41.2 Å². The van der Waals surface area contributed by atoms with Crippen molar-refractivity contribution in [2.75, 3.05) is 0 Å². The molecule has 0 nitrogen and oxygen atoms in total. The van der Waals surface area contributed by atoms with Gasteiger partial charge in [0.25, 0.3) is 0 Å². The Kier molecular flexibility index (Phi) is 12.7. The first kappa shape index (κ1) is 21.4. The minimum atomic E-state index is 0.416. The van der Waals surface area contributed by atoms with Crippen LogP contribution in [0.15, 0.2) is 0 Å². The fourth-order valence-electron chi connectivity index (χ4n) is 1.90. The van der Waals surface area contributed by atoms with Crippen LogP contribution in [0.3, 0.4) is 0 Å². The average molecular weight is 355 g/mol. The van der Waals surface area contributed by atoms with Crippen LogP contribution in [0.5, 0.6) is 0 Å². The van der Waals surface area contributed by atoms with Crippen LogP contribution >= 0.6 is 41.2 Å². The smallest absolute Gasteiger partial charge is 0.0215 e. The van der Waals surface area contributed by atoms with Gasteiger partial charge in [0, 0.05) is 9.49 Å². The van der Waals surface area contributed by atoms with Gasteiger partial charge >= 0.3 is 0 Å². The highest BCUT2D eigenvalue weighted by molar-refractivity contribution is 9.26. The third-order valence-corrected chi connectivity index (χ3v) is 11.3. The lowest BCUT2D eigenvalue weighted by atomic mass is 10.0. The molecule has 0 aliphatic rings. The van der Waals surface area contributed by atoms with Crippen LogP contribution in [0.25, 0.3) is 0 Å². The predicted molar refractivity (Wildman–Crippen MR) is 107 cm³/mol. The Morgan fingerprint density at radius 3 is 1.25 bits per heavy atom. The fourth-order valence-corrected chi connectivity index (χ4v) is 9.86. The van der Waals surface area contributed by atoms with Gasteiger partial charge in [-0.2, -0.15) is 0 Å². The van der Waals surface area contributed by atoms with Gasteiger partial charge in [-0.15, -0.1) is 0 Å². The van der Waals surface area contributed by atoms with E-state index in [0.29, 0.717) is 9.49 Å². The lowest BCUT2D eigenvalue weighted by Crippen LogP contribution is -2.13. The molecule has 0 aliphatic heterocycles. The van der Waals surface area contributed by atoms with Crippen molar-refractivity contribution in [3.8, 4) is 0 Å². The zero-order chi connectivity index (χ0) is 15.5. The molecule has 4 heteroatoms. The predicted octanol–water partition coefficient (Wildman–Crippen LogP) is 8.38. The van der Waals surface area contributed by atoms with Crippen molar-refractivity contribution in [3.63, 3.8) is 0 Å². The zero-order valence-corrected chi connectivity index (χ0v) is 17.6. The maximum absolute atomic E-state index is 2.39. The van der Waals surface area contributed by atoms with Gasteiger partial charge in [0.1, 0.15) is 0 Å². The minimum Gasteiger partial charge on any atom is -0.0755 e. The van der Waals surface area contributed by atoms with Gasteiger partial charge in [-0.25, -0.2) is 0 Å². The van der Waals surface area contributed by atoms with E-state index in [0.717, 1.165) is 0 Å².